The summed E-state index contributed by atoms with van der Waals surface area (Å²) in [5.74, 6) is 1.83. The van der Waals surface area contributed by atoms with Gasteiger partial charge in [0.15, 0.2) is 0 Å². The van der Waals surface area contributed by atoms with E-state index in [1.807, 2.05) is 24.3 Å². The fraction of sp³-hybridized carbons (Fsp3) is 0.625. The predicted octanol–water partition coefficient (Wildman–Crippen LogP) is 2.65. The molecule has 0 unspecified atom stereocenters. The Balaban J connectivity index is 1.70. The molecular weight excluding hydrogens is 236 g/mol. The number of hydrogen-bond donors (Lipinski definition) is 1. The van der Waals surface area contributed by atoms with Gasteiger partial charge in [-0.15, -0.1) is 0 Å². The third-order valence-corrected chi connectivity index (χ3v) is 3.97. The summed E-state index contributed by atoms with van der Waals surface area (Å²) in [5.41, 5.74) is 6.78. The first-order chi connectivity index (χ1) is 9.29. The molecule has 3 nitrogen and oxygen atoms in total. The summed E-state index contributed by atoms with van der Waals surface area (Å²) in [7, 11) is 2.19. The Bertz CT molecular complexity index is 375. The van der Waals surface area contributed by atoms with Crippen molar-refractivity contribution in [2.45, 2.75) is 32.2 Å². The molecule has 0 amide bonds. The lowest BCUT2D eigenvalue weighted by Gasteiger charge is -2.21. The molecule has 0 aliphatic heterocycles. The van der Waals surface area contributed by atoms with E-state index < -0.39 is 0 Å². The predicted molar refractivity (Wildman–Crippen MR) is 79.3 cm³/mol. The van der Waals surface area contributed by atoms with Crippen LogP contribution in [-0.2, 0) is 6.54 Å². The van der Waals surface area contributed by atoms with Crippen LogP contribution in [0.25, 0.3) is 0 Å². The molecule has 2 N–H and O–H groups in total. The van der Waals surface area contributed by atoms with Gasteiger partial charge in [0.05, 0.1) is 0 Å². The minimum absolute atomic E-state index is 0.536. The number of rotatable bonds is 7. The highest BCUT2D eigenvalue weighted by Gasteiger charge is 2.16. The maximum absolute atomic E-state index is 5.84. The standard InChI is InChI=1S/C16H26N2O/c1-18(13-14-6-2-3-7-14)10-11-19-16-9-5-4-8-15(16)12-17/h4-5,8-9,14H,2-3,6-7,10-13,17H2,1H3. The SMILES string of the molecule is CN(CCOc1ccccc1CN)CC1CCCC1. The summed E-state index contributed by atoms with van der Waals surface area (Å²) in [5, 5.41) is 0. The lowest BCUT2D eigenvalue weighted by Crippen LogP contribution is -2.29. The van der Waals surface area contributed by atoms with Crippen molar-refractivity contribution >= 4 is 0 Å². The van der Waals surface area contributed by atoms with Crippen LogP contribution in [-0.4, -0.2) is 31.6 Å². The van der Waals surface area contributed by atoms with Crippen molar-refractivity contribution in [3.63, 3.8) is 0 Å². The number of para-hydroxylation sites is 1. The monoisotopic (exact) mass is 262 g/mol. The van der Waals surface area contributed by atoms with Crippen LogP contribution in [0.3, 0.4) is 0 Å². The first-order valence-electron chi connectivity index (χ1n) is 7.39. The number of ether oxygens (including phenoxy) is 1. The largest absolute Gasteiger partial charge is 0.492 e. The molecule has 2 rings (SSSR count). The second kappa shape index (κ2) is 7.51. The van der Waals surface area contributed by atoms with E-state index in [0.717, 1.165) is 30.4 Å². The average Bonchev–Trinajstić information content (AvgIpc) is 2.92. The second-order valence-electron chi connectivity index (χ2n) is 5.57. The zero-order valence-electron chi connectivity index (χ0n) is 12.0. The van der Waals surface area contributed by atoms with Gasteiger partial charge in [-0.1, -0.05) is 31.0 Å². The van der Waals surface area contributed by atoms with Gasteiger partial charge in [-0.3, -0.25) is 0 Å². The molecule has 19 heavy (non-hydrogen) atoms. The van der Waals surface area contributed by atoms with E-state index in [2.05, 4.69) is 11.9 Å². The molecular formula is C16H26N2O. The summed E-state index contributed by atoms with van der Waals surface area (Å²) < 4.78 is 5.84. The fourth-order valence-electron chi connectivity index (χ4n) is 2.85. The van der Waals surface area contributed by atoms with Crippen molar-refractivity contribution in [2.24, 2.45) is 11.7 Å². The normalized spacial score (nSPS) is 16.2. The molecule has 0 spiro atoms. The third-order valence-electron chi connectivity index (χ3n) is 3.97. The Labute approximate surface area is 116 Å². The maximum Gasteiger partial charge on any atom is 0.123 e. The van der Waals surface area contributed by atoms with Crippen molar-refractivity contribution in [1.82, 2.24) is 4.90 Å². The van der Waals surface area contributed by atoms with Gasteiger partial charge in [0.2, 0.25) is 0 Å². The van der Waals surface area contributed by atoms with Gasteiger partial charge in [0, 0.05) is 25.2 Å². The molecule has 0 aromatic heterocycles. The Kier molecular flexibility index (Phi) is 5.67. The molecule has 1 fully saturated rings. The zero-order valence-corrected chi connectivity index (χ0v) is 12.0. The summed E-state index contributed by atoms with van der Waals surface area (Å²) in [6, 6.07) is 8.02. The third kappa shape index (κ3) is 4.51. The zero-order chi connectivity index (χ0) is 13.5. The molecule has 1 saturated carbocycles. The fourth-order valence-corrected chi connectivity index (χ4v) is 2.85. The van der Waals surface area contributed by atoms with Gasteiger partial charge in [0.25, 0.3) is 0 Å². The number of hydrogen-bond acceptors (Lipinski definition) is 3. The average molecular weight is 262 g/mol. The van der Waals surface area contributed by atoms with Crippen LogP contribution in [0, 0.1) is 5.92 Å². The molecule has 3 heteroatoms. The van der Waals surface area contributed by atoms with E-state index in [4.69, 9.17) is 10.5 Å². The lowest BCUT2D eigenvalue weighted by atomic mass is 10.1. The van der Waals surface area contributed by atoms with Crippen LogP contribution in [0.2, 0.25) is 0 Å². The first-order valence-corrected chi connectivity index (χ1v) is 7.39. The van der Waals surface area contributed by atoms with Crippen LogP contribution in [0.5, 0.6) is 5.75 Å². The van der Waals surface area contributed by atoms with Crippen LogP contribution < -0.4 is 10.5 Å². The van der Waals surface area contributed by atoms with Gasteiger partial charge in [-0.2, -0.15) is 0 Å². The van der Waals surface area contributed by atoms with Gasteiger partial charge in [-0.25, -0.2) is 0 Å². The van der Waals surface area contributed by atoms with E-state index in [1.165, 1.54) is 32.2 Å². The summed E-state index contributed by atoms with van der Waals surface area (Å²) in [6.07, 6.45) is 5.64. The highest BCUT2D eigenvalue weighted by Crippen LogP contribution is 2.25. The molecule has 1 aromatic carbocycles. The van der Waals surface area contributed by atoms with E-state index in [-0.39, 0.29) is 0 Å². The van der Waals surface area contributed by atoms with Gasteiger partial charge < -0.3 is 15.4 Å². The highest BCUT2D eigenvalue weighted by molar-refractivity contribution is 5.32. The highest BCUT2D eigenvalue weighted by atomic mass is 16.5. The van der Waals surface area contributed by atoms with Gasteiger partial charge in [0.1, 0.15) is 12.4 Å². The summed E-state index contributed by atoms with van der Waals surface area (Å²) >= 11 is 0. The molecule has 0 atom stereocenters. The second-order valence-corrected chi connectivity index (χ2v) is 5.57. The first kappa shape index (κ1) is 14.4. The molecule has 1 aliphatic rings. The Morgan fingerprint density at radius 1 is 1.26 bits per heavy atom. The molecule has 1 aromatic rings. The lowest BCUT2D eigenvalue weighted by molar-refractivity contribution is 0.214. The molecule has 106 valence electrons. The molecule has 1 aliphatic carbocycles. The topological polar surface area (TPSA) is 38.5 Å². The molecule has 0 bridgehead atoms. The van der Waals surface area contributed by atoms with E-state index in [0.29, 0.717) is 6.54 Å². The van der Waals surface area contributed by atoms with Crippen LogP contribution in [0.15, 0.2) is 24.3 Å². The Morgan fingerprint density at radius 2 is 2.00 bits per heavy atom. The minimum Gasteiger partial charge on any atom is -0.492 e. The van der Waals surface area contributed by atoms with E-state index in [9.17, 15) is 0 Å². The number of nitrogens with two attached hydrogens (primary N) is 1. The smallest absolute Gasteiger partial charge is 0.123 e. The van der Waals surface area contributed by atoms with Crippen LogP contribution in [0.1, 0.15) is 31.2 Å². The van der Waals surface area contributed by atoms with Crippen LogP contribution >= 0.6 is 0 Å². The van der Waals surface area contributed by atoms with Crippen molar-refractivity contribution in [3.05, 3.63) is 29.8 Å². The van der Waals surface area contributed by atoms with E-state index >= 15 is 0 Å². The number of nitrogens with zero attached hydrogens (tertiary/aromatic N) is 1. The minimum atomic E-state index is 0.536. The number of benzene rings is 1. The number of likely N-dealkylation sites (N-methyl/N-ethyl adjacent to an activating group) is 1. The van der Waals surface area contributed by atoms with Gasteiger partial charge in [-0.05, 0) is 31.9 Å². The van der Waals surface area contributed by atoms with Crippen LogP contribution in [0.4, 0.5) is 0 Å². The quantitative estimate of drug-likeness (QED) is 0.821. The molecule has 0 heterocycles. The van der Waals surface area contributed by atoms with E-state index in [1.54, 1.807) is 0 Å². The van der Waals surface area contributed by atoms with Crippen molar-refractivity contribution in [1.29, 1.82) is 0 Å². The Morgan fingerprint density at radius 3 is 2.74 bits per heavy atom. The van der Waals surface area contributed by atoms with Crippen molar-refractivity contribution in [2.75, 3.05) is 26.7 Å². The van der Waals surface area contributed by atoms with Crippen molar-refractivity contribution < 1.29 is 4.74 Å². The molecule has 0 radical (unpaired) electrons. The molecule has 0 saturated heterocycles. The van der Waals surface area contributed by atoms with Crippen molar-refractivity contribution in [3.8, 4) is 5.75 Å². The van der Waals surface area contributed by atoms with Gasteiger partial charge >= 0.3 is 0 Å². The maximum atomic E-state index is 5.84. The summed E-state index contributed by atoms with van der Waals surface area (Å²) in [4.78, 5) is 2.39. The Hall–Kier alpha value is -1.06. The summed E-state index contributed by atoms with van der Waals surface area (Å²) in [6.45, 7) is 3.46.